The number of hydrogen-bond acceptors (Lipinski definition) is 7. The summed E-state index contributed by atoms with van der Waals surface area (Å²) in [6, 6.07) is 6.43. The maximum atomic E-state index is 11.0. The number of phosphoric ester groups is 1. The zero-order valence-corrected chi connectivity index (χ0v) is 16.8. The topological polar surface area (TPSA) is 146 Å². The molecule has 9 nitrogen and oxygen atoms in total. The lowest BCUT2D eigenvalue weighted by atomic mass is 10.0. The Kier molecular flexibility index (Phi) is 7.80. The lowest BCUT2D eigenvalue weighted by Crippen LogP contribution is -1.99. The Morgan fingerprint density at radius 3 is 2.21 bits per heavy atom. The highest BCUT2D eigenvalue weighted by Crippen LogP contribution is 2.41. The zero-order valence-electron chi connectivity index (χ0n) is 15.9. The van der Waals surface area contributed by atoms with Gasteiger partial charge in [0.2, 0.25) is 0 Å². The number of aromatic hydroxyl groups is 1. The third-order valence-electron chi connectivity index (χ3n) is 4.21. The molecule has 0 radical (unpaired) electrons. The van der Waals surface area contributed by atoms with Gasteiger partial charge in [0.1, 0.15) is 5.75 Å². The van der Waals surface area contributed by atoms with E-state index < -0.39 is 14.4 Å². The highest BCUT2D eigenvalue weighted by molar-refractivity contribution is 7.46. The summed E-state index contributed by atoms with van der Waals surface area (Å²) in [5, 5.41) is 29.3. The predicted octanol–water partition coefficient (Wildman–Crippen LogP) is 2.17. The smallest absolute Gasteiger partial charge is 0.469 e. The lowest BCUT2D eigenvalue weighted by Gasteiger charge is -2.14. The first-order valence-electron chi connectivity index (χ1n) is 8.42. The second-order valence-electron chi connectivity index (χ2n) is 5.96. The minimum absolute atomic E-state index is 0.128. The molecule has 2 aromatic rings. The Morgan fingerprint density at radius 1 is 0.966 bits per heavy atom. The van der Waals surface area contributed by atoms with Gasteiger partial charge >= 0.3 is 7.82 Å². The van der Waals surface area contributed by atoms with Crippen molar-refractivity contribution in [1.82, 2.24) is 0 Å². The molecule has 10 heteroatoms. The summed E-state index contributed by atoms with van der Waals surface area (Å²) in [6.07, 6.45) is 3.26. The van der Waals surface area contributed by atoms with E-state index in [0.29, 0.717) is 28.0 Å². The van der Waals surface area contributed by atoms with Gasteiger partial charge in [0.05, 0.1) is 34.0 Å². The van der Waals surface area contributed by atoms with Crippen LogP contribution in [0.25, 0.3) is 12.2 Å². The van der Waals surface area contributed by atoms with Crippen LogP contribution in [0.15, 0.2) is 24.3 Å². The highest BCUT2D eigenvalue weighted by Gasteiger charge is 2.19. The normalized spacial score (nSPS) is 11.8. The van der Waals surface area contributed by atoms with Crippen molar-refractivity contribution in [3.8, 4) is 17.2 Å². The number of methoxy groups -OCH3 is 2. The van der Waals surface area contributed by atoms with Crippen molar-refractivity contribution < 1.29 is 43.7 Å². The summed E-state index contributed by atoms with van der Waals surface area (Å²) in [6.45, 7) is -1.13. The van der Waals surface area contributed by atoms with Crippen LogP contribution < -0.4 is 9.47 Å². The second kappa shape index (κ2) is 9.89. The Bertz CT molecular complexity index is 909. The van der Waals surface area contributed by atoms with Crippen molar-refractivity contribution in [3.05, 3.63) is 52.1 Å². The molecule has 29 heavy (non-hydrogen) atoms. The molecule has 0 spiro atoms. The van der Waals surface area contributed by atoms with E-state index in [9.17, 15) is 19.9 Å². The van der Waals surface area contributed by atoms with E-state index >= 15 is 0 Å². The van der Waals surface area contributed by atoms with Gasteiger partial charge in [-0.05, 0) is 34.9 Å². The number of hydrogen-bond donors (Lipinski definition) is 5. The van der Waals surface area contributed by atoms with Crippen LogP contribution in [0.1, 0.15) is 27.8 Å². The van der Waals surface area contributed by atoms with Gasteiger partial charge in [0.15, 0.2) is 11.5 Å². The molecule has 2 aromatic carbocycles. The van der Waals surface area contributed by atoms with Gasteiger partial charge in [0.25, 0.3) is 0 Å². The number of phenols is 1. The van der Waals surface area contributed by atoms with E-state index in [1.165, 1.54) is 20.3 Å². The van der Waals surface area contributed by atoms with Gasteiger partial charge in [-0.3, -0.25) is 4.52 Å². The van der Waals surface area contributed by atoms with E-state index in [1.54, 1.807) is 30.4 Å². The molecule has 0 unspecified atom stereocenters. The molecular formula is C19H23O9P. The average molecular weight is 426 g/mol. The number of benzene rings is 2. The molecule has 2 rings (SSSR count). The lowest BCUT2D eigenvalue weighted by molar-refractivity contribution is 0.187. The highest BCUT2D eigenvalue weighted by atomic mass is 31.2. The minimum atomic E-state index is -4.75. The Morgan fingerprint density at radius 2 is 1.66 bits per heavy atom. The number of phenolic OH excluding ortho intramolecular Hbond substituents is 1. The molecule has 0 saturated heterocycles. The van der Waals surface area contributed by atoms with Crippen LogP contribution in [0.5, 0.6) is 17.2 Å². The Labute approximate surface area is 167 Å². The van der Waals surface area contributed by atoms with Gasteiger partial charge < -0.3 is 34.6 Å². The first kappa shape index (κ1) is 22.9. The molecular weight excluding hydrogens is 403 g/mol. The molecule has 0 atom stereocenters. The average Bonchev–Trinajstić information content (AvgIpc) is 2.69. The van der Waals surface area contributed by atoms with Crippen molar-refractivity contribution >= 4 is 20.0 Å². The van der Waals surface area contributed by atoms with E-state index in [2.05, 4.69) is 4.52 Å². The van der Waals surface area contributed by atoms with Crippen LogP contribution in [0, 0.1) is 0 Å². The van der Waals surface area contributed by atoms with E-state index in [1.807, 2.05) is 0 Å². The van der Waals surface area contributed by atoms with Crippen molar-refractivity contribution in [2.45, 2.75) is 19.8 Å². The standard InChI is InChI=1S/C19H23O9P/c1-26-17-6-5-13(16(19(17)22)11-28-29(23,24)25)4-3-12-7-14(9-20)15(10-21)18(8-12)27-2/h3-8,20-22H,9-11H2,1-2H3,(H2,23,24,25). The fraction of sp³-hybridized carbons (Fsp3) is 0.263. The monoisotopic (exact) mass is 426 g/mol. The van der Waals surface area contributed by atoms with Crippen LogP contribution in [0.2, 0.25) is 0 Å². The summed E-state index contributed by atoms with van der Waals surface area (Å²) in [5.41, 5.74) is 2.18. The molecule has 5 N–H and O–H groups in total. The van der Waals surface area contributed by atoms with Crippen molar-refractivity contribution in [2.24, 2.45) is 0 Å². The number of aliphatic hydroxyl groups excluding tert-OH is 2. The first-order chi connectivity index (χ1) is 13.7. The molecule has 0 fully saturated rings. The van der Waals surface area contributed by atoms with E-state index in [0.717, 1.165) is 0 Å². The molecule has 0 amide bonds. The molecule has 0 saturated carbocycles. The minimum Gasteiger partial charge on any atom is -0.504 e. The quantitative estimate of drug-likeness (QED) is 0.301. The van der Waals surface area contributed by atoms with Gasteiger partial charge in [-0.2, -0.15) is 0 Å². The van der Waals surface area contributed by atoms with Gasteiger partial charge in [0, 0.05) is 11.1 Å². The second-order valence-corrected chi connectivity index (χ2v) is 7.20. The first-order valence-corrected chi connectivity index (χ1v) is 9.95. The number of aliphatic hydroxyl groups is 2. The maximum Gasteiger partial charge on any atom is 0.469 e. The SMILES string of the molecule is COc1ccc(C=Cc2cc(CO)c(CO)c(OC)c2)c(COP(=O)(O)O)c1O. The molecule has 158 valence electrons. The number of phosphoric acid groups is 1. The van der Waals surface area contributed by atoms with Gasteiger partial charge in [-0.25, -0.2) is 4.57 Å². The molecule has 0 aromatic heterocycles. The van der Waals surface area contributed by atoms with E-state index in [-0.39, 0.29) is 30.3 Å². The van der Waals surface area contributed by atoms with Crippen molar-refractivity contribution in [2.75, 3.05) is 14.2 Å². The third kappa shape index (κ3) is 5.80. The largest absolute Gasteiger partial charge is 0.504 e. The van der Waals surface area contributed by atoms with Gasteiger partial charge in [-0.1, -0.05) is 18.2 Å². The van der Waals surface area contributed by atoms with Crippen LogP contribution in [0.4, 0.5) is 0 Å². The molecule has 0 aliphatic carbocycles. The third-order valence-corrected chi connectivity index (χ3v) is 4.67. The van der Waals surface area contributed by atoms with Gasteiger partial charge in [-0.15, -0.1) is 0 Å². The predicted molar refractivity (Wildman–Crippen MR) is 105 cm³/mol. The summed E-state index contributed by atoms with van der Waals surface area (Å²) in [4.78, 5) is 17.9. The fourth-order valence-electron chi connectivity index (χ4n) is 2.76. The van der Waals surface area contributed by atoms with Crippen LogP contribution in [0.3, 0.4) is 0 Å². The summed E-state index contributed by atoms with van der Waals surface area (Å²) in [5.74, 6) is 0.233. The number of ether oxygens (including phenoxy) is 2. The summed E-state index contributed by atoms with van der Waals surface area (Å²) < 4.78 is 25.9. The number of rotatable bonds is 9. The van der Waals surface area contributed by atoms with E-state index in [4.69, 9.17) is 19.3 Å². The van der Waals surface area contributed by atoms with Crippen molar-refractivity contribution in [1.29, 1.82) is 0 Å². The zero-order chi connectivity index (χ0) is 21.6. The molecule has 0 aliphatic rings. The molecule has 0 heterocycles. The molecule has 0 aliphatic heterocycles. The van der Waals surface area contributed by atoms with Crippen LogP contribution in [-0.4, -0.2) is 39.3 Å². The fourth-order valence-corrected chi connectivity index (χ4v) is 3.06. The Balaban J connectivity index is 2.46. The maximum absolute atomic E-state index is 11.0. The summed E-state index contributed by atoms with van der Waals surface area (Å²) >= 11 is 0. The van der Waals surface area contributed by atoms with Crippen LogP contribution >= 0.6 is 7.82 Å². The van der Waals surface area contributed by atoms with Crippen LogP contribution in [-0.2, 0) is 28.9 Å². The molecule has 0 bridgehead atoms. The summed E-state index contributed by atoms with van der Waals surface area (Å²) in [7, 11) is -1.95. The van der Waals surface area contributed by atoms with Crippen molar-refractivity contribution in [3.63, 3.8) is 0 Å². The Hall–Kier alpha value is -2.39.